The summed E-state index contributed by atoms with van der Waals surface area (Å²) in [5.74, 6) is 1.51. The Kier molecular flexibility index (Phi) is 4.27. The minimum Gasteiger partial charge on any atom is -0.497 e. The number of anilines is 1. The molecule has 0 spiro atoms. The summed E-state index contributed by atoms with van der Waals surface area (Å²) >= 11 is 1.54. The second-order valence-electron chi connectivity index (χ2n) is 4.14. The molecule has 2 rings (SSSR count). The lowest BCUT2D eigenvalue weighted by Gasteiger charge is -2.09. The van der Waals surface area contributed by atoms with Crippen molar-refractivity contribution in [3.05, 3.63) is 23.2 Å². The molecule has 1 heterocycles. The molecule has 2 aromatic rings. The normalized spacial score (nSPS) is 10.5. The Hall–Kier alpha value is -1.75. The molecular weight excluding hydrogens is 260 g/mol. The van der Waals surface area contributed by atoms with Crippen molar-refractivity contribution in [1.82, 2.24) is 4.98 Å². The molecule has 1 aromatic heterocycles. The van der Waals surface area contributed by atoms with Crippen molar-refractivity contribution in [2.45, 2.75) is 19.8 Å². The molecule has 102 valence electrons. The van der Waals surface area contributed by atoms with Crippen LogP contribution in [0.25, 0.3) is 11.3 Å². The Labute approximate surface area is 117 Å². The summed E-state index contributed by atoms with van der Waals surface area (Å²) in [6, 6.07) is 5.63. The maximum absolute atomic E-state index is 6.08. The van der Waals surface area contributed by atoms with Gasteiger partial charge in [0.2, 0.25) is 0 Å². The van der Waals surface area contributed by atoms with E-state index in [1.807, 2.05) is 18.2 Å². The van der Waals surface area contributed by atoms with Gasteiger partial charge in [0, 0.05) is 5.56 Å². The molecule has 19 heavy (non-hydrogen) atoms. The van der Waals surface area contributed by atoms with Gasteiger partial charge in [-0.25, -0.2) is 4.98 Å². The molecule has 0 unspecified atom stereocenters. The van der Waals surface area contributed by atoms with Gasteiger partial charge in [-0.05, 0) is 31.0 Å². The highest BCUT2D eigenvalue weighted by atomic mass is 32.1. The number of nitrogen functional groups attached to an aromatic ring is 1. The Balaban J connectivity index is 2.50. The number of hydrogen-bond donors (Lipinski definition) is 1. The summed E-state index contributed by atoms with van der Waals surface area (Å²) < 4.78 is 10.6. The first-order valence-electron chi connectivity index (χ1n) is 6.17. The van der Waals surface area contributed by atoms with E-state index in [9.17, 15) is 0 Å². The Morgan fingerprint density at radius 2 is 2.05 bits per heavy atom. The van der Waals surface area contributed by atoms with Crippen molar-refractivity contribution in [1.29, 1.82) is 0 Å². The summed E-state index contributed by atoms with van der Waals surface area (Å²) in [6.45, 7) is 2.13. The van der Waals surface area contributed by atoms with Gasteiger partial charge >= 0.3 is 0 Å². The molecular formula is C14H18N2O2S. The molecule has 0 atom stereocenters. The summed E-state index contributed by atoms with van der Waals surface area (Å²) in [5.41, 5.74) is 7.73. The fourth-order valence-corrected chi connectivity index (χ4v) is 2.84. The highest BCUT2D eigenvalue weighted by Gasteiger charge is 2.15. The highest BCUT2D eigenvalue weighted by Crippen LogP contribution is 2.38. The van der Waals surface area contributed by atoms with Crippen LogP contribution in [0, 0.1) is 0 Å². The van der Waals surface area contributed by atoms with E-state index in [1.165, 1.54) is 11.3 Å². The Bertz CT molecular complexity index is 567. The largest absolute Gasteiger partial charge is 0.497 e. The van der Waals surface area contributed by atoms with Crippen molar-refractivity contribution < 1.29 is 9.47 Å². The number of ether oxygens (including phenoxy) is 2. The second-order valence-corrected chi connectivity index (χ2v) is 5.25. The van der Waals surface area contributed by atoms with Crippen LogP contribution < -0.4 is 15.2 Å². The molecule has 0 aliphatic heterocycles. The first kappa shape index (κ1) is 13.7. The van der Waals surface area contributed by atoms with Crippen LogP contribution in [0.4, 0.5) is 5.00 Å². The number of thiazole rings is 1. The monoisotopic (exact) mass is 278 g/mol. The minimum absolute atomic E-state index is 0.718. The molecule has 0 fully saturated rings. The number of nitrogens with zero attached hydrogens (tertiary/aromatic N) is 1. The zero-order valence-electron chi connectivity index (χ0n) is 11.4. The number of hydrogen-bond acceptors (Lipinski definition) is 5. The van der Waals surface area contributed by atoms with Gasteiger partial charge in [-0.2, -0.15) is 0 Å². The van der Waals surface area contributed by atoms with Crippen molar-refractivity contribution in [3.8, 4) is 22.8 Å². The summed E-state index contributed by atoms with van der Waals surface area (Å²) in [6.07, 6.45) is 2.00. The van der Waals surface area contributed by atoms with Gasteiger partial charge in [0.15, 0.2) is 0 Å². The standard InChI is InChI=1S/C14H18N2O2S/c1-4-5-12-16-13(14(15)19-12)10-8-9(17-2)6-7-11(10)18-3/h6-8H,4-5,15H2,1-3H3. The van der Waals surface area contributed by atoms with E-state index in [4.69, 9.17) is 15.2 Å². The minimum atomic E-state index is 0.718. The van der Waals surface area contributed by atoms with Gasteiger partial charge in [0.05, 0.1) is 19.2 Å². The molecule has 0 saturated carbocycles. The summed E-state index contributed by atoms with van der Waals surface area (Å²) in [4.78, 5) is 4.61. The van der Waals surface area contributed by atoms with E-state index in [0.717, 1.165) is 45.6 Å². The third-order valence-electron chi connectivity index (χ3n) is 2.82. The predicted molar refractivity (Wildman–Crippen MR) is 79.1 cm³/mol. The first-order chi connectivity index (χ1) is 9.19. The molecule has 0 saturated heterocycles. The zero-order chi connectivity index (χ0) is 13.8. The first-order valence-corrected chi connectivity index (χ1v) is 6.98. The number of benzene rings is 1. The molecule has 4 nitrogen and oxygen atoms in total. The lowest BCUT2D eigenvalue weighted by atomic mass is 10.1. The van der Waals surface area contributed by atoms with Crippen molar-refractivity contribution in [2.75, 3.05) is 20.0 Å². The highest BCUT2D eigenvalue weighted by molar-refractivity contribution is 7.16. The van der Waals surface area contributed by atoms with Gasteiger partial charge in [0.1, 0.15) is 22.2 Å². The molecule has 1 aromatic carbocycles. The summed E-state index contributed by atoms with van der Waals surface area (Å²) in [5, 5.41) is 1.77. The van der Waals surface area contributed by atoms with Gasteiger partial charge in [-0.1, -0.05) is 6.92 Å². The van der Waals surface area contributed by atoms with E-state index in [1.54, 1.807) is 14.2 Å². The number of aryl methyl sites for hydroxylation is 1. The van der Waals surface area contributed by atoms with Crippen LogP contribution in [0.15, 0.2) is 18.2 Å². The van der Waals surface area contributed by atoms with Crippen LogP contribution in [0.1, 0.15) is 18.4 Å². The van der Waals surface area contributed by atoms with E-state index >= 15 is 0 Å². The van der Waals surface area contributed by atoms with E-state index < -0.39 is 0 Å². The Morgan fingerprint density at radius 1 is 1.26 bits per heavy atom. The topological polar surface area (TPSA) is 57.4 Å². The lowest BCUT2D eigenvalue weighted by molar-refractivity contribution is 0.404. The lowest BCUT2D eigenvalue weighted by Crippen LogP contribution is -1.93. The van der Waals surface area contributed by atoms with Crippen LogP contribution in [0.3, 0.4) is 0 Å². The van der Waals surface area contributed by atoms with Crippen molar-refractivity contribution in [2.24, 2.45) is 0 Å². The van der Waals surface area contributed by atoms with Gasteiger partial charge in [-0.3, -0.25) is 0 Å². The molecule has 2 N–H and O–H groups in total. The van der Waals surface area contributed by atoms with Crippen molar-refractivity contribution >= 4 is 16.3 Å². The van der Waals surface area contributed by atoms with Crippen LogP contribution in [-0.4, -0.2) is 19.2 Å². The average molecular weight is 278 g/mol. The van der Waals surface area contributed by atoms with E-state index in [-0.39, 0.29) is 0 Å². The van der Waals surface area contributed by atoms with Crippen molar-refractivity contribution in [3.63, 3.8) is 0 Å². The third kappa shape index (κ3) is 2.81. The maximum atomic E-state index is 6.08. The zero-order valence-corrected chi connectivity index (χ0v) is 12.2. The molecule has 0 amide bonds. The SMILES string of the molecule is CCCc1nc(-c2cc(OC)ccc2OC)c(N)s1. The molecule has 0 bridgehead atoms. The Morgan fingerprint density at radius 3 is 2.68 bits per heavy atom. The fraction of sp³-hybridized carbons (Fsp3) is 0.357. The summed E-state index contributed by atoms with van der Waals surface area (Å²) in [7, 11) is 3.28. The van der Waals surface area contributed by atoms with Gasteiger partial charge in [0.25, 0.3) is 0 Å². The van der Waals surface area contributed by atoms with Gasteiger partial charge < -0.3 is 15.2 Å². The molecule has 0 aliphatic carbocycles. The van der Waals surface area contributed by atoms with Crippen LogP contribution in [0.5, 0.6) is 11.5 Å². The number of rotatable bonds is 5. The maximum Gasteiger partial charge on any atom is 0.128 e. The van der Waals surface area contributed by atoms with Gasteiger partial charge in [-0.15, -0.1) is 11.3 Å². The number of aromatic nitrogens is 1. The van der Waals surface area contributed by atoms with Crippen LogP contribution in [0.2, 0.25) is 0 Å². The van der Waals surface area contributed by atoms with E-state index in [2.05, 4.69) is 11.9 Å². The van der Waals surface area contributed by atoms with Crippen LogP contribution >= 0.6 is 11.3 Å². The third-order valence-corrected chi connectivity index (χ3v) is 3.77. The smallest absolute Gasteiger partial charge is 0.128 e. The molecule has 5 heteroatoms. The molecule has 0 aliphatic rings. The van der Waals surface area contributed by atoms with E-state index in [0.29, 0.717) is 0 Å². The van der Waals surface area contributed by atoms with Crippen LogP contribution in [-0.2, 0) is 6.42 Å². The fourth-order valence-electron chi connectivity index (χ4n) is 1.89. The average Bonchev–Trinajstić information content (AvgIpc) is 2.79. The molecule has 0 radical (unpaired) electrons. The second kappa shape index (κ2) is 5.93. The number of methoxy groups -OCH3 is 2. The predicted octanol–water partition coefficient (Wildman–Crippen LogP) is 3.36. The number of nitrogens with two attached hydrogens (primary N) is 1. The quantitative estimate of drug-likeness (QED) is 0.911.